The van der Waals surface area contributed by atoms with Crippen molar-refractivity contribution < 1.29 is 9.05 Å². The molecule has 1 fully saturated rings. The first-order chi connectivity index (χ1) is 3.21. The van der Waals surface area contributed by atoms with Gasteiger partial charge in [0.1, 0.15) is 0 Å². The highest BCUT2D eigenvalue weighted by Gasteiger charge is 2.18. The summed E-state index contributed by atoms with van der Waals surface area (Å²) in [4.78, 5) is 0. The third-order valence-electron chi connectivity index (χ3n) is 0.592. The smallest absolute Gasteiger partial charge is 0.244 e. The molecule has 0 atom stereocenters. The van der Waals surface area contributed by atoms with Crippen LogP contribution < -0.4 is 0 Å². The van der Waals surface area contributed by atoms with Crippen molar-refractivity contribution in [2.24, 2.45) is 0 Å². The number of hydrogen-bond acceptors (Lipinski definition) is 3. The van der Waals surface area contributed by atoms with Crippen LogP contribution in [0.15, 0.2) is 0 Å². The maximum absolute atomic E-state index is 4.91. The average molecular weight is 156 g/mol. The van der Waals surface area contributed by atoms with E-state index in [4.69, 9.17) is 20.9 Å². The first-order valence-electron chi connectivity index (χ1n) is 1.83. The van der Waals surface area contributed by atoms with Gasteiger partial charge in [-0.1, -0.05) is 12.2 Å². The summed E-state index contributed by atoms with van der Waals surface area (Å²) in [5, 5.41) is 0. The Morgan fingerprint density at radius 1 is 1.43 bits per heavy atom. The van der Waals surface area contributed by atoms with Crippen molar-refractivity contribution in [2.45, 2.75) is 0 Å². The van der Waals surface area contributed by atoms with E-state index in [0.717, 1.165) is 0 Å². The molecule has 1 aliphatic rings. The molecule has 0 spiro atoms. The molecule has 0 amide bonds. The lowest BCUT2D eigenvalue weighted by Crippen LogP contribution is -1.79. The summed E-state index contributed by atoms with van der Waals surface area (Å²) in [5.74, 6) is 0. The van der Waals surface area contributed by atoms with Crippen LogP contribution in [0.1, 0.15) is 0 Å². The molecule has 0 aromatic heterocycles. The average Bonchev–Trinajstić information content (AvgIpc) is 1.84. The van der Waals surface area contributed by atoms with Crippen LogP contribution in [0.3, 0.4) is 0 Å². The zero-order valence-electron chi connectivity index (χ0n) is 3.53. The molecule has 0 aromatic carbocycles. The molecule has 0 aromatic rings. The zero-order chi connectivity index (χ0) is 5.33. The topological polar surface area (TPSA) is 18.5 Å². The van der Waals surface area contributed by atoms with Gasteiger partial charge >= 0.3 is 0 Å². The minimum Gasteiger partial charge on any atom is -0.319 e. The highest BCUT2D eigenvalue weighted by molar-refractivity contribution is 8.60. The van der Waals surface area contributed by atoms with E-state index in [1.165, 1.54) is 0 Å². The Labute approximate surface area is 52.5 Å². The predicted molar refractivity (Wildman–Crippen MR) is 35.2 cm³/mol. The largest absolute Gasteiger partial charge is 0.319 e. The minimum atomic E-state index is -2.02. The quantitative estimate of drug-likeness (QED) is 0.420. The van der Waals surface area contributed by atoms with Gasteiger partial charge < -0.3 is 9.05 Å². The molecule has 1 heterocycles. The molecule has 0 unspecified atom stereocenters. The molecular weight excluding hydrogens is 151 g/mol. The predicted octanol–water partition coefficient (Wildman–Crippen LogP) is 1.19. The third kappa shape index (κ3) is 1.70. The van der Waals surface area contributed by atoms with E-state index in [1.54, 1.807) is 0 Å². The lowest BCUT2D eigenvalue weighted by Gasteiger charge is -2.00. The van der Waals surface area contributed by atoms with Gasteiger partial charge in [-0.15, -0.1) is 0 Å². The first kappa shape index (κ1) is 6.05. The molecule has 5 heteroatoms. The normalized spacial score (nSPS) is 28.1. The van der Waals surface area contributed by atoms with Crippen LogP contribution in [-0.4, -0.2) is 13.2 Å². The fraction of sp³-hybridized carbons (Fsp3) is 1.00. The Hall–Kier alpha value is 0.920. The van der Waals surface area contributed by atoms with Gasteiger partial charge in [-0.05, 0) is 11.8 Å². The van der Waals surface area contributed by atoms with Gasteiger partial charge in [0.25, 0.3) is 0 Å². The lowest BCUT2D eigenvalue weighted by molar-refractivity contribution is 0.365. The van der Waals surface area contributed by atoms with Gasteiger partial charge in [0.15, 0.2) is 0 Å². The second-order valence-electron chi connectivity index (χ2n) is 1.14. The van der Waals surface area contributed by atoms with Crippen LogP contribution >= 0.6 is 17.9 Å². The van der Waals surface area contributed by atoms with Crippen LogP contribution in [0.4, 0.5) is 0 Å². The molecule has 1 saturated heterocycles. The van der Waals surface area contributed by atoms with Gasteiger partial charge in [0.2, 0.25) is 5.69 Å². The monoisotopic (exact) mass is 156 g/mol. The van der Waals surface area contributed by atoms with Crippen molar-refractivity contribution in [2.75, 3.05) is 13.2 Å². The van der Waals surface area contributed by atoms with Crippen molar-refractivity contribution in [1.29, 1.82) is 0 Å². The molecular formula is C2H5O2PS2. The standard InChI is InChI=1S/C2H5O2PS2/c6-5(7)3-1-2-4-5/h1-2H2,(H,6,7). The SMILES string of the molecule is S=P1(S)OCCO1. The molecule has 0 N–H and O–H groups in total. The number of hydrogen-bond donors (Lipinski definition) is 1. The molecule has 0 radical (unpaired) electrons. The molecule has 1 rings (SSSR count). The van der Waals surface area contributed by atoms with Gasteiger partial charge in [-0.25, -0.2) is 0 Å². The van der Waals surface area contributed by atoms with E-state index in [-0.39, 0.29) is 0 Å². The van der Waals surface area contributed by atoms with Crippen molar-refractivity contribution >= 4 is 29.7 Å². The van der Waals surface area contributed by atoms with Crippen LogP contribution in [0.25, 0.3) is 0 Å². The summed E-state index contributed by atoms with van der Waals surface area (Å²) < 4.78 is 9.82. The maximum atomic E-state index is 4.91. The van der Waals surface area contributed by atoms with Gasteiger partial charge in [0, 0.05) is 0 Å². The van der Waals surface area contributed by atoms with Gasteiger partial charge in [-0.3, -0.25) is 0 Å². The van der Waals surface area contributed by atoms with Crippen LogP contribution in [0.2, 0.25) is 0 Å². The Kier molecular flexibility index (Phi) is 1.76. The van der Waals surface area contributed by atoms with Crippen molar-refractivity contribution in [1.82, 2.24) is 0 Å². The Balaban J connectivity index is 2.57. The Morgan fingerprint density at radius 3 is 2.00 bits per heavy atom. The molecule has 0 saturated carbocycles. The molecule has 2 nitrogen and oxygen atoms in total. The van der Waals surface area contributed by atoms with Crippen LogP contribution in [0, 0.1) is 0 Å². The maximum Gasteiger partial charge on any atom is 0.244 e. The Morgan fingerprint density at radius 2 is 1.86 bits per heavy atom. The Bertz CT molecular complexity index is 104. The van der Waals surface area contributed by atoms with E-state index in [1.807, 2.05) is 0 Å². The summed E-state index contributed by atoms with van der Waals surface area (Å²) in [5.41, 5.74) is -2.02. The highest BCUT2D eigenvalue weighted by Crippen LogP contribution is 2.56. The third-order valence-corrected chi connectivity index (χ3v) is 2.94. The summed E-state index contributed by atoms with van der Waals surface area (Å²) in [7, 11) is 0. The molecule has 1 aliphatic heterocycles. The second-order valence-corrected chi connectivity index (χ2v) is 6.42. The summed E-state index contributed by atoms with van der Waals surface area (Å²) in [6.07, 6.45) is 0. The van der Waals surface area contributed by atoms with Crippen molar-refractivity contribution in [3.05, 3.63) is 0 Å². The summed E-state index contributed by atoms with van der Waals surface area (Å²) in [6.45, 7) is 1.22. The highest BCUT2D eigenvalue weighted by atomic mass is 32.9. The van der Waals surface area contributed by atoms with Crippen LogP contribution in [0.5, 0.6) is 0 Å². The van der Waals surface area contributed by atoms with E-state index < -0.39 is 5.69 Å². The van der Waals surface area contributed by atoms with E-state index in [9.17, 15) is 0 Å². The first-order valence-corrected chi connectivity index (χ1v) is 5.62. The fourth-order valence-electron chi connectivity index (χ4n) is 0.343. The van der Waals surface area contributed by atoms with E-state index in [2.05, 4.69) is 12.2 Å². The molecule has 0 aliphatic carbocycles. The van der Waals surface area contributed by atoms with Crippen LogP contribution in [-0.2, 0) is 20.9 Å². The minimum absolute atomic E-state index is 0.612. The number of rotatable bonds is 0. The van der Waals surface area contributed by atoms with E-state index >= 15 is 0 Å². The van der Waals surface area contributed by atoms with Crippen molar-refractivity contribution in [3.63, 3.8) is 0 Å². The van der Waals surface area contributed by atoms with Crippen molar-refractivity contribution in [3.8, 4) is 0 Å². The van der Waals surface area contributed by atoms with Gasteiger partial charge in [-0.2, -0.15) is 0 Å². The second kappa shape index (κ2) is 2.03. The molecule has 0 bridgehead atoms. The number of thiol groups is 1. The lowest BCUT2D eigenvalue weighted by atomic mass is 10.8. The zero-order valence-corrected chi connectivity index (χ0v) is 6.14. The van der Waals surface area contributed by atoms with Gasteiger partial charge in [0.05, 0.1) is 13.2 Å². The van der Waals surface area contributed by atoms with E-state index in [0.29, 0.717) is 13.2 Å². The summed E-state index contributed by atoms with van der Waals surface area (Å²) >= 11 is 8.67. The molecule has 42 valence electrons. The fourth-order valence-corrected chi connectivity index (χ4v) is 1.96. The molecule has 7 heavy (non-hydrogen) atoms. The summed E-state index contributed by atoms with van der Waals surface area (Å²) in [6, 6.07) is 0.